The maximum Gasteiger partial charge on any atom is 0.232 e. The lowest BCUT2D eigenvalue weighted by Crippen LogP contribution is -2.33. The van der Waals surface area contributed by atoms with E-state index in [1.807, 2.05) is 4.68 Å². The second kappa shape index (κ2) is 5.55. The third-order valence-corrected chi connectivity index (χ3v) is 3.82. The van der Waals surface area contributed by atoms with Crippen LogP contribution in [0.2, 0.25) is 0 Å². The van der Waals surface area contributed by atoms with Crippen molar-refractivity contribution in [2.75, 3.05) is 6.54 Å². The van der Waals surface area contributed by atoms with Gasteiger partial charge in [0, 0.05) is 11.5 Å². The zero-order valence-corrected chi connectivity index (χ0v) is 12.9. The molecule has 2 aromatic heterocycles. The number of aromatic nitrogens is 5. The predicted molar refractivity (Wildman–Crippen MR) is 76.5 cm³/mol. The first-order chi connectivity index (χ1) is 10.0. The van der Waals surface area contributed by atoms with Crippen LogP contribution in [0.1, 0.15) is 45.3 Å². The molecule has 7 nitrogen and oxygen atoms in total. The van der Waals surface area contributed by atoms with Crippen LogP contribution >= 0.6 is 0 Å². The van der Waals surface area contributed by atoms with Crippen LogP contribution < -0.4 is 0 Å². The lowest BCUT2D eigenvalue weighted by molar-refractivity contribution is 0.211. The number of hydrogen-bond donors (Lipinski definition) is 0. The van der Waals surface area contributed by atoms with E-state index in [0.29, 0.717) is 11.9 Å². The van der Waals surface area contributed by atoms with Crippen molar-refractivity contribution in [3.8, 4) is 0 Å². The Morgan fingerprint density at radius 3 is 2.90 bits per heavy atom. The Kier molecular flexibility index (Phi) is 3.75. The molecule has 0 saturated carbocycles. The van der Waals surface area contributed by atoms with Gasteiger partial charge in [0.25, 0.3) is 0 Å². The SMILES string of the molecule is CC(C)(C)c1nc(CN2CCC[C@@H]2Cn2cncn2)no1. The Labute approximate surface area is 124 Å². The molecule has 0 aliphatic carbocycles. The maximum atomic E-state index is 5.37. The van der Waals surface area contributed by atoms with Crippen molar-refractivity contribution in [2.24, 2.45) is 0 Å². The second-order valence-electron chi connectivity index (χ2n) is 6.65. The summed E-state index contributed by atoms with van der Waals surface area (Å²) in [6.45, 7) is 8.90. The van der Waals surface area contributed by atoms with Crippen LogP contribution in [0.15, 0.2) is 17.2 Å². The largest absolute Gasteiger partial charge is 0.339 e. The minimum atomic E-state index is -0.101. The van der Waals surface area contributed by atoms with Gasteiger partial charge in [-0.05, 0) is 19.4 Å². The summed E-state index contributed by atoms with van der Waals surface area (Å²) in [5.74, 6) is 1.47. The van der Waals surface area contributed by atoms with Crippen molar-refractivity contribution in [3.63, 3.8) is 0 Å². The zero-order chi connectivity index (χ0) is 14.9. The second-order valence-corrected chi connectivity index (χ2v) is 6.65. The van der Waals surface area contributed by atoms with Crippen LogP contribution in [0.5, 0.6) is 0 Å². The topological polar surface area (TPSA) is 72.9 Å². The van der Waals surface area contributed by atoms with E-state index in [-0.39, 0.29) is 5.41 Å². The van der Waals surface area contributed by atoms with Crippen molar-refractivity contribution >= 4 is 0 Å². The molecule has 0 unspecified atom stereocenters. The predicted octanol–water partition coefficient (Wildman–Crippen LogP) is 1.62. The first kappa shape index (κ1) is 14.2. The van der Waals surface area contributed by atoms with E-state index in [0.717, 1.165) is 25.5 Å². The van der Waals surface area contributed by atoms with Crippen molar-refractivity contribution in [1.82, 2.24) is 29.8 Å². The molecule has 1 aliphatic rings. The lowest BCUT2D eigenvalue weighted by Gasteiger charge is -2.22. The summed E-state index contributed by atoms with van der Waals surface area (Å²) in [6.07, 6.45) is 5.71. The molecular formula is C14H22N6O. The minimum absolute atomic E-state index is 0.101. The number of likely N-dealkylation sites (tertiary alicyclic amines) is 1. The monoisotopic (exact) mass is 290 g/mol. The number of hydrogen-bond acceptors (Lipinski definition) is 6. The first-order valence-electron chi connectivity index (χ1n) is 7.42. The van der Waals surface area contributed by atoms with Gasteiger partial charge in [-0.2, -0.15) is 10.1 Å². The highest BCUT2D eigenvalue weighted by Gasteiger charge is 2.28. The fourth-order valence-electron chi connectivity index (χ4n) is 2.66. The van der Waals surface area contributed by atoms with Gasteiger partial charge in [0.1, 0.15) is 12.7 Å². The lowest BCUT2D eigenvalue weighted by atomic mass is 9.97. The third kappa shape index (κ3) is 3.29. The van der Waals surface area contributed by atoms with Crippen molar-refractivity contribution in [1.29, 1.82) is 0 Å². The summed E-state index contributed by atoms with van der Waals surface area (Å²) in [5.41, 5.74) is -0.101. The Morgan fingerprint density at radius 2 is 2.24 bits per heavy atom. The summed E-state index contributed by atoms with van der Waals surface area (Å²) in [6, 6.07) is 0.461. The van der Waals surface area contributed by atoms with E-state index in [9.17, 15) is 0 Å². The minimum Gasteiger partial charge on any atom is -0.339 e. The van der Waals surface area contributed by atoms with E-state index in [2.05, 4.69) is 45.9 Å². The van der Waals surface area contributed by atoms with Crippen molar-refractivity contribution < 1.29 is 4.52 Å². The van der Waals surface area contributed by atoms with Crippen LogP contribution in [0, 0.1) is 0 Å². The molecule has 1 fully saturated rings. The van der Waals surface area contributed by atoms with Gasteiger partial charge in [-0.3, -0.25) is 9.58 Å². The summed E-state index contributed by atoms with van der Waals surface area (Å²) in [7, 11) is 0. The van der Waals surface area contributed by atoms with Gasteiger partial charge < -0.3 is 4.52 Å². The van der Waals surface area contributed by atoms with Gasteiger partial charge in [0.2, 0.25) is 5.89 Å². The molecule has 114 valence electrons. The van der Waals surface area contributed by atoms with Crippen LogP contribution in [0.4, 0.5) is 0 Å². The van der Waals surface area contributed by atoms with Gasteiger partial charge in [0.05, 0.1) is 13.1 Å². The van der Waals surface area contributed by atoms with Crippen LogP contribution in [0.25, 0.3) is 0 Å². The Balaban J connectivity index is 1.64. The number of nitrogens with zero attached hydrogens (tertiary/aromatic N) is 6. The van der Waals surface area contributed by atoms with Crippen LogP contribution in [0.3, 0.4) is 0 Å². The maximum absolute atomic E-state index is 5.37. The van der Waals surface area contributed by atoms with Crippen LogP contribution in [-0.2, 0) is 18.5 Å². The van der Waals surface area contributed by atoms with Gasteiger partial charge in [-0.15, -0.1) is 0 Å². The number of rotatable bonds is 4. The molecule has 7 heteroatoms. The first-order valence-corrected chi connectivity index (χ1v) is 7.42. The van der Waals surface area contributed by atoms with E-state index in [1.54, 1.807) is 12.7 Å². The average Bonchev–Trinajstić information content (AvgIpc) is 3.12. The fraction of sp³-hybridized carbons (Fsp3) is 0.714. The van der Waals surface area contributed by atoms with E-state index in [4.69, 9.17) is 4.52 Å². The van der Waals surface area contributed by atoms with E-state index >= 15 is 0 Å². The molecule has 21 heavy (non-hydrogen) atoms. The van der Waals surface area contributed by atoms with Crippen molar-refractivity contribution in [3.05, 3.63) is 24.4 Å². The fourth-order valence-corrected chi connectivity index (χ4v) is 2.66. The van der Waals surface area contributed by atoms with Gasteiger partial charge in [0.15, 0.2) is 5.82 Å². The highest BCUT2D eigenvalue weighted by molar-refractivity contribution is 4.98. The normalized spacial score (nSPS) is 20.2. The summed E-state index contributed by atoms with van der Waals surface area (Å²) >= 11 is 0. The molecule has 0 amide bonds. The molecule has 1 atom stereocenters. The van der Waals surface area contributed by atoms with Gasteiger partial charge in [-0.25, -0.2) is 4.98 Å². The molecule has 1 saturated heterocycles. The van der Waals surface area contributed by atoms with Crippen molar-refractivity contribution in [2.45, 2.75) is 58.2 Å². The molecule has 0 radical (unpaired) electrons. The highest BCUT2D eigenvalue weighted by Crippen LogP contribution is 2.23. The molecule has 3 rings (SSSR count). The molecular weight excluding hydrogens is 268 g/mol. The quantitative estimate of drug-likeness (QED) is 0.852. The third-order valence-electron chi connectivity index (χ3n) is 3.82. The highest BCUT2D eigenvalue weighted by atomic mass is 16.5. The Hall–Kier alpha value is -1.76. The Morgan fingerprint density at radius 1 is 1.38 bits per heavy atom. The standard InChI is InChI=1S/C14H22N6O/c1-14(2,3)13-17-12(18-21-13)8-19-6-4-5-11(19)7-20-10-15-9-16-20/h9-11H,4-8H2,1-3H3/t11-/m1/s1. The zero-order valence-electron chi connectivity index (χ0n) is 12.9. The summed E-state index contributed by atoms with van der Waals surface area (Å²) in [4.78, 5) is 10.9. The molecule has 0 spiro atoms. The molecule has 1 aliphatic heterocycles. The molecule has 0 aromatic carbocycles. The summed E-state index contributed by atoms with van der Waals surface area (Å²) in [5, 5.41) is 8.30. The molecule has 3 heterocycles. The molecule has 0 N–H and O–H groups in total. The van der Waals surface area contributed by atoms with E-state index < -0.39 is 0 Å². The molecule has 0 bridgehead atoms. The Bertz CT molecular complexity index is 571. The summed E-state index contributed by atoms with van der Waals surface area (Å²) < 4.78 is 7.25. The van der Waals surface area contributed by atoms with Gasteiger partial charge in [-0.1, -0.05) is 25.9 Å². The van der Waals surface area contributed by atoms with Gasteiger partial charge >= 0.3 is 0 Å². The average molecular weight is 290 g/mol. The molecule has 2 aromatic rings. The van der Waals surface area contributed by atoms with E-state index in [1.165, 1.54) is 12.8 Å². The van der Waals surface area contributed by atoms with Crippen LogP contribution in [-0.4, -0.2) is 42.4 Å². The smallest absolute Gasteiger partial charge is 0.232 e.